The molecule has 1 fully saturated rings. The Balaban J connectivity index is 1.57. The van der Waals surface area contributed by atoms with Crippen molar-refractivity contribution in [2.24, 2.45) is 0 Å². The first-order valence-corrected chi connectivity index (χ1v) is 7.94. The van der Waals surface area contributed by atoms with Crippen LogP contribution in [0, 0.1) is 0 Å². The summed E-state index contributed by atoms with van der Waals surface area (Å²) in [5.41, 5.74) is 0. The van der Waals surface area contributed by atoms with Gasteiger partial charge in [-0.2, -0.15) is 9.97 Å². The van der Waals surface area contributed by atoms with Crippen LogP contribution >= 0.6 is 0 Å². The molecule has 2 aromatic heterocycles. The summed E-state index contributed by atoms with van der Waals surface area (Å²) < 4.78 is 10.3. The molecule has 1 atom stereocenters. The smallest absolute Gasteiger partial charge is 0.226 e. The molecule has 0 unspecified atom stereocenters. The fraction of sp³-hybridized carbons (Fsp3) is 0.600. The van der Waals surface area contributed by atoms with Crippen LogP contribution < -0.4 is 10.1 Å². The summed E-state index contributed by atoms with van der Waals surface area (Å²) in [5.74, 6) is 2.61. The van der Waals surface area contributed by atoms with Crippen molar-refractivity contribution in [3.05, 3.63) is 24.0 Å². The fourth-order valence-corrected chi connectivity index (χ4v) is 2.72. The molecule has 0 amide bonds. The highest BCUT2D eigenvalue weighted by Crippen LogP contribution is 2.16. The number of ether oxygens (including phenoxy) is 1. The minimum atomic E-state index is 0.299. The molecule has 0 bridgehead atoms. The molecule has 0 spiro atoms. The van der Waals surface area contributed by atoms with E-state index in [4.69, 9.17) is 9.26 Å². The molecule has 2 aromatic rings. The maximum atomic E-state index is 5.17. The third-order valence-corrected chi connectivity index (χ3v) is 3.86. The van der Waals surface area contributed by atoms with Gasteiger partial charge in [-0.25, -0.2) is 4.98 Å². The zero-order chi connectivity index (χ0) is 16.1. The number of likely N-dealkylation sites (tertiary alicyclic amines) is 1. The zero-order valence-corrected chi connectivity index (χ0v) is 13.5. The summed E-state index contributed by atoms with van der Waals surface area (Å²) in [5, 5.41) is 7.40. The number of piperidine rings is 1. The van der Waals surface area contributed by atoms with Crippen LogP contribution in [-0.2, 0) is 13.0 Å². The summed E-state index contributed by atoms with van der Waals surface area (Å²) in [6.45, 7) is 4.65. The summed E-state index contributed by atoms with van der Waals surface area (Å²) in [4.78, 5) is 15.2. The van der Waals surface area contributed by atoms with E-state index in [9.17, 15) is 0 Å². The second kappa shape index (κ2) is 7.36. The Labute approximate surface area is 135 Å². The van der Waals surface area contributed by atoms with E-state index in [0.717, 1.165) is 38.2 Å². The zero-order valence-electron chi connectivity index (χ0n) is 13.5. The van der Waals surface area contributed by atoms with Gasteiger partial charge >= 0.3 is 0 Å². The van der Waals surface area contributed by atoms with Crippen molar-refractivity contribution in [2.45, 2.75) is 38.8 Å². The van der Waals surface area contributed by atoms with E-state index in [0.29, 0.717) is 30.3 Å². The second-order valence-electron chi connectivity index (χ2n) is 5.60. The molecule has 0 saturated carbocycles. The lowest BCUT2D eigenvalue weighted by atomic mass is 10.1. The quantitative estimate of drug-likeness (QED) is 0.857. The summed E-state index contributed by atoms with van der Waals surface area (Å²) >= 11 is 0. The molecular formula is C15H22N6O2. The van der Waals surface area contributed by atoms with Crippen LogP contribution in [0.1, 0.15) is 31.5 Å². The number of aromatic nitrogens is 4. The Hall–Kier alpha value is -2.22. The van der Waals surface area contributed by atoms with Crippen molar-refractivity contribution in [3.8, 4) is 5.88 Å². The van der Waals surface area contributed by atoms with Crippen LogP contribution in [0.2, 0.25) is 0 Å². The van der Waals surface area contributed by atoms with Crippen molar-refractivity contribution in [1.82, 2.24) is 25.0 Å². The predicted octanol–water partition coefficient (Wildman–Crippen LogP) is 1.51. The van der Waals surface area contributed by atoms with Crippen LogP contribution in [0.5, 0.6) is 5.88 Å². The number of hydrogen-bond donors (Lipinski definition) is 1. The van der Waals surface area contributed by atoms with Gasteiger partial charge in [0.05, 0.1) is 13.7 Å². The van der Waals surface area contributed by atoms with Gasteiger partial charge in [-0.1, -0.05) is 12.1 Å². The maximum Gasteiger partial charge on any atom is 0.226 e. The first-order chi connectivity index (χ1) is 11.3. The first-order valence-electron chi connectivity index (χ1n) is 7.94. The van der Waals surface area contributed by atoms with Crippen LogP contribution in [0.4, 0.5) is 5.95 Å². The maximum absolute atomic E-state index is 5.17. The van der Waals surface area contributed by atoms with E-state index in [-0.39, 0.29) is 0 Å². The molecule has 3 rings (SSSR count). The molecule has 0 aromatic carbocycles. The van der Waals surface area contributed by atoms with Crippen LogP contribution in [0.25, 0.3) is 0 Å². The second-order valence-corrected chi connectivity index (χ2v) is 5.60. The minimum Gasteiger partial charge on any atom is -0.481 e. The van der Waals surface area contributed by atoms with Gasteiger partial charge in [0.2, 0.25) is 17.7 Å². The van der Waals surface area contributed by atoms with E-state index < -0.39 is 0 Å². The number of nitrogens with zero attached hydrogens (tertiary/aromatic N) is 5. The Morgan fingerprint density at radius 1 is 1.43 bits per heavy atom. The molecule has 23 heavy (non-hydrogen) atoms. The van der Waals surface area contributed by atoms with Gasteiger partial charge in [-0.3, -0.25) is 4.90 Å². The van der Waals surface area contributed by atoms with Crippen molar-refractivity contribution < 1.29 is 9.26 Å². The molecule has 3 heterocycles. The first kappa shape index (κ1) is 15.7. The highest BCUT2D eigenvalue weighted by atomic mass is 16.5. The average Bonchev–Trinajstić information content (AvgIpc) is 3.03. The number of hydrogen-bond acceptors (Lipinski definition) is 8. The molecule has 1 saturated heterocycles. The number of rotatable bonds is 6. The lowest BCUT2D eigenvalue weighted by Crippen LogP contribution is -2.42. The molecule has 1 aliphatic rings. The van der Waals surface area contributed by atoms with Crippen LogP contribution in [0.3, 0.4) is 0 Å². The fourth-order valence-electron chi connectivity index (χ4n) is 2.72. The summed E-state index contributed by atoms with van der Waals surface area (Å²) in [6, 6.07) is 2.04. The van der Waals surface area contributed by atoms with E-state index in [1.165, 1.54) is 0 Å². The van der Waals surface area contributed by atoms with Gasteiger partial charge in [-0.15, -0.1) is 0 Å². The van der Waals surface area contributed by atoms with Crippen molar-refractivity contribution in [3.63, 3.8) is 0 Å². The predicted molar refractivity (Wildman–Crippen MR) is 84.2 cm³/mol. The largest absolute Gasteiger partial charge is 0.481 e. The molecule has 1 aliphatic heterocycles. The van der Waals surface area contributed by atoms with Gasteiger partial charge < -0.3 is 14.6 Å². The summed E-state index contributed by atoms with van der Waals surface area (Å²) in [7, 11) is 1.60. The molecule has 124 valence electrons. The van der Waals surface area contributed by atoms with Crippen molar-refractivity contribution in [1.29, 1.82) is 0 Å². The monoisotopic (exact) mass is 318 g/mol. The SMILES string of the molecule is CCc1nc(CN2CCC[C@H](Nc3nccc(OC)n3)C2)no1. The Bertz CT molecular complexity index is 632. The van der Waals surface area contributed by atoms with Gasteiger partial charge in [0.1, 0.15) is 0 Å². The van der Waals surface area contributed by atoms with Crippen molar-refractivity contribution >= 4 is 5.95 Å². The topological polar surface area (TPSA) is 89.2 Å². The number of methoxy groups -OCH3 is 1. The molecule has 1 N–H and O–H groups in total. The summed E-state index contributed by atoms with van der Waals surface area (Å²) in [6.07, 6.45) is 4.66. The average molecular weight is 318 g/mol. The number of anilines is 1. The molecule has 8 heteroatoms. The standard InChI is InChI=1S/C15H22N6O2/c1-3-13-18-12(20-23-13)10-21-8-4-5-11(9-21)17-15-16-7-6-14(19-15)22-2/h6-7,11H,3-5,8-10H2,1-2H3,(H,16,17,19)/t11-/m0/s1. The van der Waals surface area contributed by atoms with Gasteiger partial charge in [0.25, 0.3) is 0 Å². The highest BCUT2D eigenvalue weighted by molar-refractivity contribution is 5.29. The van der Waals surface area contributed by atoms with Crippen molar-refractivity contribution in [2.75, 3.05) is 25.5 Å². The third kappa shape index (κ3) is 4.16. The number of nitrogens with one attached hydrogen (secondary N) is 1. The van der Waals surface area contributed by atoms with Gasteiger partial charge in [0.15, 0.2) is 5.82 Å². The molecular weight excluding hydrogens is 296 g/mol. The van der Waals surface area contributed by atoms with E-state index in [2.05, 4.69) is 30.3 Å². The molecule has 0 aliphatic carbocycles. The van der Waals surface area contributed by atoms with E-state index >= 15 is 0 Å². The van der Waals surface area contributed by atoms with E-state index in [1.807, 2.05) is 6.92 Å². The molecule has 8 nitrogen and oxygen atoms in total. The number of aryl methyl sites for hydroxylation is 1. The van der Waals surface area contributed by atoms with Crippen LogP contribution in [0.15, 0.2) is 16.8 Å². The molecule has 0 radical (unpaired) electrons. The Morgan fingerprint density at radius 2 is 2.35 bits per heavy atom. The van der Waals surface area contributed by atoms with E-state index in [1.54, 1.807) is 19.4 Å². The lowest BCUT2D eigenvalue weighted by molar-refractivity contribution is 0.201. The third-order valence-electron chi connectivity index (χ3n) is 3.86. The van der Waals surface area contributed by atoms with Gasteiger partial charge in [0, 0.05) is 31.3 Å². The minimum absolute atomic E-state index is 0.299. The highest BCUT2D eigenvalue weighted by Gasteiger charge is 2.22. The lowest BCUT2D eigenvalue weighted by Gasteiger charge is -2.32. The normalized spacial score (nSPS) is 18.8. The Morgan fingerprint density at radius 3 is 3.13 bits per heavy atom. The van der Waals surface area contributed by atoms with Gasteiger partial charge in [-0.05, 0) is 19.4 Å². The van der Waals surface area contributed by atoms with Crippen LogP contribution in [-0.4, -0.2) is 51.2 Å². The Kier molecular flexibility index (Phi) is 5.02.